The van der Waals surface area contributed by atoms with E-state index in [9.17, 15) is 0 Å². The highest BCUT2D eigenvalue weighted by Gasteiger charge is 2.04. The van der Waals surface area contributed by atoms with Crippen molar-refractivity contribution in [1.82, 2.24) is 0 Å². The summed E-state index contributed by atoms with van der Waals surface area (Å²) in [5.41, 5.74) is 0.739. The highest BCUT2D eigenvalue weighted by atomic mass is 35.5. The molecule has 0 atom stereocenters. The minimum Gasteiger partial charge on any atom is -0.392 e. The van der Waals surface area contributed by atoms with Gasteiger partial charge in [0, 0.05) is 9.72 Å². The molecule has 0 amide bonds. The average molecular weight is 233 g/mol. The minimum atomic E-state index is -0.0394. The number of aliphatic hydroxyl groups is 1. The lowest BCUT2D eigenvalue weighted by Crippen LogP contribution is -1.83. The molecule has 0 aliphatic heterocycles. The number of hydrogen-bond donors (Lipinski definition) is 1. The lowest BCUT2D eigenvalue weighted by molar-refractivity contribution is 0.282. The van der Waals surface area contributed by atoms with Crippen LogP contribution in [-0.4, -0.2) is 5.11 Å². The van der Waals surface area contributed by atoms with Gasteiger partial charge in [0.25, 0.3) is 0 Å². The Morgan fingerprint density at radius 1 is 1.23 bits per heavy atom. The standard InChI is InChI=1S/C9H6Cl2OS/c10-7-3-8-5(1-6(7)4-12)2-9(11)13-8/h1-3,12H,4H2. The first-order chi connectivity index (χ1) is 6.20. The summed E-state index contributed by atoms with van der Waals surface area (Å²) in [4.78, 5) is 0. The molecule has 13 heavy (non-hydrogen) atoms. The maximum absolute atomic E-state index is 8.97. The van der Waals surface area contributed by atoms with Gasteiger partial charge >= 0.3 is 0 Å². The van der Waals surface area contributed by atoms with Gasteiger partial charge in [0.15, 0.2) is 0 Å². The van der Waals surface area contributed by atoms with Crippen LogP contribution in [0.15, 0.2) is 18.2 Å². The van der Waals surface area contributed by atoms with Crippen LogP contribution >= 0.6 is 34.5 Å². The molecule has 0 unspecified atom stereocenters. The Labute approximate surface area is 89.5 Å². The fraction of sp³-hybridized carbons (Fsp3) is 0.111. The summed E-state index contributed by atoms with van der Waals surface area (Å²) < 4.78 is 1.79. The Balaban J connectivity index is 2.72. The van der Waals surface area contributed by atoms with Crippen LogP contribution in [0, 0.1) is 0 Å². The van der Waals surface area contributed by atoms with Crippen molar-refractivity contribution in [3.05, 3.63) is 33.1 Å². The van der Waals surface area contributed by atoms with E-state index in [1.54, 1.807) is 0 Å². The van der Waals surface area contributed by atoms with Crippen molar-refractivity contribution in [3.63, 3.8) is 0 Å². The Morgan fingerprint density at radius 2 is 2.00 bits per heavy atom. The molecule has 0 saturated carbocycles. The lowest BCUT2D eigenvalue weighted by Gasteiger charge is -1.99. The molecule has 2 aromatic rings. The molecule has 0 spiro atoms. The maximum atomic E-state index is 8.97. The van der Waals surface area contributed by atoms with Gasteiger partial charge in [-0.2, -0.15) is 0 Å². The molecule has 68 valence electrons. The zero-order valence-corrected chi connectivity index (χ0v) is 8.88. The van der Waals surface area contributed by atoms with E-state index in [1.165, 1.54) is 11.3 Å². The van der Waals surface area contributed by atoms with Crippen LogP contribution < -0.4 is 0 Å². The van der Waals surface area contributed by atoms with Crippen molar-refractivity contribution in [3.8, 4) is 0 Å². The Morgan fingerprint density at radius 3 is 2.69 bits per heavy atom. The first-order valence-corrected chi connectivity index (χ1v) is 5.26. The van der Waals surface area contributed by atoms with E-state index in [0.717, 1.165) is 20.0 Å². The fourth-order valence-electron chi connectivity index (χ4n) is 1.20. The van der Waals surface area contributed by atoms with E-state index in [1.807, 2.05) is 18.2 Å². The highest BCUT2D eigenvalue weighted by molar-refractivity contribution is 7.22. The zero-order chi connectivity index (χ0) is 9.42. The number of fused-ring (bicyclic) bond motifs is 1. The van der Waals surface area contributed by atoms with Crippen LogP contribution in [0.5, 0.6) is 0 Å². The van der Waals surface area contributed by atoms with Crippen LogP contribution in [0.4, 0.5) is 0 Å². The summed E-state index contributed by atoms with van der Waals surface area (Å²) in [6, 6.07) is 5.57. The molecule has 4 heteroatoms. The van der Waals surface area contributed by atoms with Crippen molar-refractivity contribution in [2.75, 3.05) is 0 Å². The summed E-state index contributed by atoms with van der Waals surface area (Å²) >= 11 is 13.2. The van der Waals surface area contributed by atoms with Crippen LogP contribution in [0.1, 0.15) is 5.56 Å². The molecule has 0 saturated heterocycles. The van der Waals surface area contributed by atoms with Gasteiger partial charge in [-0.05, 0) is 29.1 Å². The van der Waals surface area contributed by atoms with Gasteiger partial charge in [0.1, 0.15) is 0 Å². The van der Waals surface area contributed by atoms with Gasteiger partial charge in [-0.3, -0.25) is 0 Å². The second-order valence-electron chi connectivity index (χ2n) is 2.69. The van der Waals surface area contributed by atoms with Gasteiger partial charge in [0.05, 0.1) is 10.9 Å². The SMILES string of the molecule is OCc1cc2cc(Cl)sc2cc1Cl. The van der Waals surface area contributed by atoms with Gasteiger partial charge in [-0.15, -0.1) is 11.3 Å². The van der Waals surface area contributed by atoms with Crippen molar-refractivity contribution in [1.29, 1.82) is 0 Å². The normalized spacial score (nSPS) is 11.0. The quantitative estimate of drug-likeness (QED) is 0.796. The average Bonchev–Trinajstić information content (AvgIpc) is 2.42. The molecular weight excluding hydrogens is 227 g/mol. The third-order valence-electron chi connectivity index (χ3n) is 1.83. The van der Waals surface area contributed by atoms with Crippen molar-refractivity contribution in [2.24, 2.45) is 0 Å². The van der Waals surface area contributed by atoms with E-state index in [4.69, 9.17) is 28.3 Å². The smallest absolute Gasteiger partial charge is 0.0940 e. The molecule has 0 aliphatic rings. The predicted molar refractivity (Wildman–Crippen MR) is 57.8 cm³/mol. The highest BCUT2D eigenvalue weighted by Crippen LogP contribution is 2.33. The van der Waals surface area contributed by atoms with E-state index < -0.39 is 0 Å². The van der Waals surface area contributed by atoms with Crippen LogP contribution in [-0.2, 0) is 6.61 Å². The summed E-state index contributed by atoms with van der Waals surface area (Å²) in [7, 11) is 0. The van der Waals surface area contributed by atoms with Crippen molar-refractivity contribution in [2.45, 2.75) is 6.61 Å². The number of aliphatic hydroxyl groups excluding tert-OH is 1. The molecule has 1 heterocycles. The molecular formula is C9H6Cl2OS. The lowest BCUT2D eigenvalue weighted by atomic mass is 10.2. The monoisotopic (exact) mass is 232 g/mol. The third-order valence-corrected chi connectivity index (χ3v) is 3.40. The zero-order valence-electron chi connectivity index (χ0n) is 6.55. The van der Waals surface area contributed by atoms with Crippen LogP contribution in [0.3, 0.4) is 0 Å². The number of rotatable bonds is 1. The molecule has 0 bridgehead atoms. The van der Waals surface area contributed by atoms with Gasteiger partial charge in [-0.25, -0.2) is 0 Å². The van der Waals surface area contributed by atoms with E-state index in [-0.39, 0.29) is 6.61 Å². The molecule has 0 fully saturated rings. The number of thiophene rings is 1. The summed E-state index contributed by atoms with van der Waals surface area (Å²) in [5.74, 6) is 0. The second kappa shape index (κ2) is 3.46. The molecule has 0 aliphatic carbocycles. The van der Waals surface area contributed by atoms with Gasteiger partial charge in [0.2, 0.25) is 0 Å². The van der Waals surface area contributed by atoms with Crippen molar-refractivity contribution >= 4 is 44.6 Å². The second-order valence-corrected chi connectivity index (χ2v) is 4.81. The molecule has 1 aromatic heterocycles. The predicted octanol–water partition coefficient (Wildman–Crippen LogP) is 3.70. The minimum absolute atomic E-state index is 0.0394. The van der Waals surface area contributed by atoms with Crippen LogP contribution in [0.25, 0.3) is 10.1 Å². The molecule has 0 radical (unpaired) electrons. The maximum Gasteiger partial charge on any atom is 0.0940 e. The largest absolute Gasteiger partial charge is 0.392 e. The van der Waals surface area contributed by atoms with Crippen LogP contribution in [0.2, 0.25) is 9.36 Å². The fourth-order valence-corrected chi connectivity index (χ4v) is 2.66. The third kappa shape index (κ3) is 1.67. The van der Waals surface area contributed by atoms with E-state index in [2.05, 4.69) is 0 Å². The molecule has 1 aromatic carbocycles. The van der Waals surface area contributed by atoms with E-state index >= 15 is 0 Å². The summed E-state index contributed by atoms with van der Waals surface area (Å²) in [6.45, 7) is -0.0394. The Bertz CT molecular complexity index is 450. The first kappa shape index (κ1) is 9.28. The Kier molecular flexibility index (Phi) is 2.47. The number of hydrogen-bond acceptors (Lipinski definition) is 2. The van der Waals surface area contributed by atoms with E-state index in [0.29, 0.717) is 5.02 Å². The van der Waals surface area contributed by atoms with Gasteiger partial charge in [-0.1, -0.05) is 23.2 Å². The number of benzene rings is 1. The molecule has 1 nitrogen and oxygen atoms in total. The van der Waals surface area contributed by atoms with Crippen molar-refractivity contribution < 1.29 is 5.11 Å². The molecule has 2 rings (SSSR count). The number of halogens is 2. The summed E-state index contributed by atoms with van der Waals surface area (Å²) in [5, 5.41) is 10.6. The summed E-state index contributed by atoms with van der Waals surface area (Å²) in [6.07, 6.45) is 0. The van der Waals surface area contributed by atoms with Gasteiger partial charge < -0.3 is 5.11 Å². The topological polar surface area (TPSA) is 20.2 Å². The Hall–Kier alpha value is -0.280. The molecule has 1 N–H and O–H groups in total. The first-order valence-electron chi connectivity index (χ1n) is 3.69.